The molecule has 1 aromatic heterocycles. The van der Waals surface area contributed by atoms with Crippen LogP contribution in [0.2, 0.25) is 0 Å². The smallest absolute Gasteiger partial charge is 0.236 e. The average molecular weight is 354 g/mol. The molecule has 7 nitrogen and oxygen atoms in total. The maximum atomic E-state index is 12.2. The standard InChI is InChI=1S/C16H23N5O2.ClH/c1-13(20(2)16(22)10-17-8-9-23-3)14-4-6-15(7-5-14)21-12-18-11-19-21;/h4-7,11-13,17H,8-10H2,1-3H3;1H. The van der Waals surface area contributed by atoms with Gasteiger partial charge in [-0.05, 0) is 24.6 Å². The van der Waals surface area contributed by atoms with Crippen molar-refractivity contribution in [3.63, 3.8) is 0 Å². The third-order valence-corrected chi connectivity index (χ3v) is 3.79. The average Bonchev–Trinajstić information content (AvgIpc) is 3.12. The highest BCUT2D eigenvalue weighted by atomic mass is 35.5. The number of halogens is 1. The largest absolute Gasteiger partial charge is 0.383 e. The lowest BCUT2D eigenvalue weighted by Crippen LogP contribution is -2.38. The Hall–Kier alpha value is -1.96. The molecule has 2 rings (SSSR count). The lowest BCUT2D eigenvalue weighted by Gasteiger charge is -2.25. The van der Waals surface area contributed by atoms with E-state index in [1.807, 2.05) is 38.2 Å². The third kappa shape index (κ3) is 5.30. The molecule has 1 heterocycles. The van der Waals surface area contributed by atoms with Crippen molar-refractivity contribution < 1.29 is 9.53 Å². The molecule has 24 heavy (non-hydrogen) atoms. The summed E-state index contributed by atoms with van der Waals surface area (Å²) in [7, 11) is 3.46. The van der Waals surface area contributed by atoms with E-state index in [0.717, 1.165) is 11.3 Å². The Labute approximate surface area is 148 Å². The molecule has 0 aliphatic carbocycles. The van der Waals surface area contributed by atoms with Crippen LogP contribution in [0.5, 0.6) is 0 Å². The van der Waals surface area contributed by atoms with Gasteiger partial charge in [0.05, 0.1) is 24.9 Å². The van der Waals surface area contributed by atoms with E-state index in [-0.39, 0.29) is 24.4 Å². The van der Waals surface area contributed by atoms with Gasteiger partial charge in [-0.2, -0.15) is 5.10 Å². The molecular weight excluding hydrogens is 330 g/mol. The molecule has 0 fully saturated rings. The van der Waals surface area contributed by atoms with E-state index >= 15 is 0 Å². The second kappa shape index (κ2) is 10.0. The van der Waals surface area contributed by atoms with Gasteiger partial charge in [0.1, 0.15) is 12.7 Å². The van der Waals surface area contributed by atoms with Crippen LogP contribution in [0.4, 0.5) is 0 Å². The van der Waals surface area contributed by atoms with Crippen LogP contribution in [-0.2, 0) is 9.53 Å². The number of benzene rings is 1. The first-order chi connectivity index (χ1) is 11.1. The second-order valence-electron chi connectivity index (χ2n) is 5.28. The zero-order valence-corrected chi connectivity index (χ0v) is 15.0. The van der Waals surface area contributed by atoms with Gasteiger partial charge in [0.25, 0.3) is 0 Å². The predicted molar refractivity (Wildman–Crippen MR) is 94.5 cm³/mol. The molecule has 0 bridgehead atoms. The molecule has 8 heteroatoms. The molecule has 1 amide bonds. The van der Waals surface area contributed by atoms with Crippen LogP contribution < -0.4 is 5.32 Å². The number of amides is 1. The SMILES string of the molecule is COCCNCC(=O)N(C)C(C)c1ccc(-n2cncn2)cc1.Cl. The van der Waals surface area contributed by atoms with Crippen LogP contribution in [0, 0.1) is 0 Å². The number of aromatic nitrogens is 3. The van der Waals surface area contributed by atoms with Gasteiger partial charge >= 0.3 is 0 Å². The number of hydrogen-bond acceptors (Lipinski definition) is 5. The monoisotopic (exact) mass is 353 g/mol. The molecule has 132 valence electrons. The first-order valence-electron chi connectivity index (χ1n) is 7.53. The first-order valence-corrected chi connectivity index (χ1v) is 7.53. The van der Waals surface area contributed by atoms with Gasteiger partial charge in [-0.1, -0.05) is 12.1 Å². The van der Waals surface area contributed by atoms with Crippen molar-refractivity contribution >= 4 is 18.3 Å². The Morgan fingerprint density at radius 1 is 1.38 bits per heavy atom. The predicted octanol–water partition coefficient (Wildman–Crippen LogP) is 1.44. The van der Waals surface area contributed by atoms with Crippen LogP contribution in [0.3, 0.4) is 0 Å². The Morgan fingerprint density at radius 3 is 2.67 bits per heavy atom. The fourth-order valence-electron chi connectivity index (χ4n) is 2.18. The number of likely N-dealkylation sites (N-methyl/N-ethyl adjacent to an activating group) is 1. The molecule has 0 radical (unpaired) electrons. The van der Waals surface area contributed by atoms with Crippen LogP contribution in [0.15, 0.2) is 36.9 Å². The number of nitrogens with zero attached hydrogens (tertiary/aromatic N) is 4. The number of methoxy groups -OCH3 is 1. The Kier molecular flexibility index (Phi) is 8.39. The molecule has 0 aliphatic heterocycles. The van der Waals surface area contributed by atoms with Gasteiger partial charge in [-0.25, -0.2) is 9.67 Å². The van der Waals surface area contributed by atoms with E-state index in [2.05, 4.69) is 15.4 Å². The molecule has 1 N–H and O–H groups in total. The van der Waals surface area contributed by atoms with Gasteiger partial charge in [0.2, 0.25) is 5.91 Å². The Bertz CT molecular complexity index is 603. The van der Waals surface area contributed by atoms with E-state index < -0.39 is 0 Å². The molecule has 1 aromatic carbocycles. The quantitative estimate of drug-likeness (QED) is 0.727. The van der Waals surface area contributed by atoms with Crippen molar-refractivity contribution in [1.29, 1.82) is 0 Å². The van der Waals surface area contributed by atoms with Crippen LogP contribution in [-0.4, -0.2) is 59.4 Å². The molecule has 1 atom stereocenters. The van der Waals surface area contributed by atoms with Crippen molar-refractivity contribution in [2.75, 3.05) is 33.9 Å². The summed E-state index contributed by atoms with van der Waals surface area (Å²) < 4.78 is 6.64. The second-order valence-corrected chi connectivity index (χ2v) is 5.28. The minimum atomic E-state index is -0.00322. The lowest BCUT2D eigenvalue weighted by atomic mass is 10.1. The topological polar surface area (TPSA) is 72.3 Å². The summed E-state index contributed by atoms with van der Waals surface area (Å²) in [4.78, 5) is 17.8. The highest BCUT2D eigenvalue weighted by Crippen LogP contribution is 2.20. The summed E-state index contributed by atoms with van der Waals surface area (Å²) in [6.45, 7) is 3.58. The van der Waals surface area contributed by atoms with Crippen molar-refractivity contribution in [1.82, 2.24) is 25.0 Å². The summed E-state index contributed by atoms with van der Waals surface area (Å²) in [6, 6.07) is 7.94. The van der Waals surface area contributed by atoms with Gasteiger partial charge < -0.3 is 15.0 Å². The van der Waals surface area contributed by atoms with E-state index in [4.69, 9.17) is 4.74 Å². The first kappa shape index (κ1) is 20.1. The van der Waals surface area contributed by atoms with E-state index in [1.165, 1.54) is 6.33 Å². The fraction of sp³-hybridized carbons (Fsp3) is 0.438. The molecule has 0 saturated carbocycles. The van der Waals surface area contributed by atoms with Gasteiger partial charge in [-0.15, -0.1) is 12.4 Å². The van der Waals surface area contributed by atoms with Crippen molar-refractivity contribution in [2.24, 2.45) is 0 Å². The minimum Gasteiger partial charge on any atom is -0.383 e. The molecule has 0 aliphatic rings. The number of rotatable bonds is 8. The van der Waals surface area contributed by atoms with Crippen LogP contribution >= 0.6 is 12.4 Å². The van der Waals surface area contributed by atoms with Crippen molar-refractivity contribution in [2.45, 2.75) is 13.0 Å². The zero-order chi connectivity index (χ0) is 16.7. The van der Waals surface area contributed by atoms with E-state index in [0.29, 0.717) is 19.7 Å². The Morgan fingerprint density at radius 2 is 2.08 bits per heavy atom. The Balaban J connectivity index is 0.00000288. The van der Waals surface area contributed by atoms with E-state index in [1.54, 1.807) is 23.0 Å². The van der Waals surface area contributed by atoms with Crippen molar-refractivity contribution in [3.05, 3.63) is 42.5 Å². The summed E-state index contributed by atoms with van der Waals surface area (Å²) in [5.41, 5.74) is 2.01. The van der Waals surface area contributed by atoms with Gasteiger partial charge in [0.15, 0.2) is 0 Å². The van der Waals surface area contributed by atoms with Crippen LogP contribution in [0.25, 0.3) is 5.69 Å². The van der Waals surface area contributed by atoms with Gasteiger partial charge in [0, 0.05) is 20.7 Å². The zero-order valence-electron chi connectivity index (χ0n) is 14.2. The maximum absolute atomic E-state index is 12.2. The third-order valence-electron chi connectivity index (χ3n) is 3.79. The number of carbonyl (C=O) groups excluding carboxylic acids is 1. The molecule has 1 unspecified atom stereocenters. The fourth-order valence-corrected chi connectivity index (χ4v) is 2.18. The lowest BCUT2D eigenvalue weighted by molar-refractivity contribution is -0.130. The normalized spacial score (nSPS) is 11.6. The molecule has 0 saturated heterocycles. The molecular formula is C16H24ClN5O2. The maximum Gasteiger partial charge on any atom is 0.236 e. The summed E-state index contributed by atoms with van der Waals surface area (Å²) in [5.74, 6) is 0.0500. The highest BCUT2D eigenvalue weighted by molar-refractivity contribution is 5.85. The van der Waals surface area contributed by atoms with Gasteiger partial charge in [-0.3, -0.25) is 4.79 Å². The highest BCUT2D eigenvalue weighted by Gasteiger charge is 2.17. The van der Waals surface area contributed by atoms with Crippen LogP contribution in [0.1, 0.15) is 18.5 Å². The van der Waals surface area contributed by atoms with E-state index in [9.17, 15) is 4.79 Å². The number of hydrogen-bond donors (Lipinski definition) is 1. The summed E-state index contributed by atoms with van der Waals surface area (Å²) >= 11 is 0. The number of nitrogens with one attached hydrogen (secondary N) is 1. The molecule has 0 spiro atoms. The minimum absolute atomic E-state index is 0. The van der Waals surface area contributed by atoms with Crippen molar-refractivity contribution in [3.8, 4) is 5.69 Å². The number of ether oxygens (including phenoxy) is 1. The summed E-state index contributed by atoms with van der Waals surface area (Å²) in [6.07, 6.45) is 3.15. The number of carbonyl (C=O) groups is 1. The molecule has 2 aromatic rings. The summed E-state index contributed by atoms with van der Waals surface area (Å²) in [5, 5.41) is 7.16.